The lowest BCUT2D eigenvalue weighted by Gasteiger charge is -2.22. The molecule has 0 fully saturated rings. The molecular weight excluding hydrogens is 230 g/mol. The highest BCUT2D eigenvalue weighted by atomic mass is 16.5. The summed E-state index contributed by atoms with van der Waals surface area (Å²) >= 11 is 0. The van der Waals surface area contributed by atoms with E-state index in [0.717, 1.165) is 11.4 Å². The normalized spacial score (nSPS) is 13.2. The number of hydrogen-bond donors (Lipinski definition) is 2. The van der Waals surface area contributed by atoms with Crippen molar-refractivity contribution in [2.45, 2.75) is 32.5 Å². The molecule has 1 aromatic rings. The van der Waals surface area contributed by atoms with E-state index in [2.05, 4.69) is 5.32 Å². The van der Waals surface area contributed by atoms with Crippen LogP contribution in [0, 0.1) is 0 Å². The van der Waals surface area contributed by atoms with Crippen molar-refractivity contribution < 1.29 is 14.6 Å². The maximum absolute atomic E-state index is 9.81. The van der Waals surface area contributed by atoms with E-state index in [1.54, 1.807) is 7.11 Å². The van der Waals surface area contributed by atoms with Crippen LogP contribution in [-0.2, 0) is 4.74 Å². The zero-order valence-corrected chi connectivity index (χ0v) is 11.6. The lowest BCUT2D eigenvalue weighted by Crippen LogP contribution is -2.30. The number of methoxy groups -OCH3 is 1. The maximum Gasteiger partial charge on any atom is 0.141 e. The summed E-state index contributed by atoms with van der Waals surface area (Å²) in [6, 6.07) is 7.61. The summed E-state index contributed by atoms with van der Waals surface area (Å²) in [6.45, 7) is 6.64. The smallest absolute Gasteiger partial charge is 0.141 e. The molecule has 1 aromatic carbocycles. The molecule has 0 amide bonds. The van der Waals surface area contributed by atoms with E-state index in [1.807, 2.05) is 45.0 Å². The molecule has 4 heteroatoms. The largest absolute Gasteiger partial charge is 0.495 e. The van der Waals surface area contributed by atoms with E-state index >= 15 is 0 Å². The molecule has 1 unspecified atom stereocenters. The molecule has 0 spiro atoms. The van der Waals surface area contributed by atoms with Gasteiger partial charge in [-0.1, -0.05) is 12.1 Å². The molecule has 4 nitrogen and oxygen atoms in total. The molecule has 102 valence electrons. The third-order valence-corrected chi connectivity index (χ3v) is 2.34. The van der Waals surface area contributed by atoms with Gasteiger partial charge in [-0.2, -0.15) is 0 Å². The third kappa shape index (κ3) is 5.38. The fraction of sp³-hybridized carbons (Fsp3) is 0.571. The summed E-state index contributed by atoms with van der Waals surface area (Å²) < 4.78 is 10.7. The van der Waals surface area contributed by atoms with Crippen LogP contribution in [0.1, 0.15) is 20.8 Å². The number of ether oxygens (including phenoxy) is 2. The molecule has 0 aromatic heterocycles. The number of nitrogens with one attached hydrogen (secondary N) is 1. The Morgan fingerprint density at radius 1 is 1.28 bits per heavy atom. The standard InChI is InChI=1S/C14H23NO3/c1-14(2,3)18-10-11(16)9-15-12-7-5-6-8-13(12)17-4/h5-8,11,15-16H,9-10H2,1-4H3. The Kier molecular flexibility index (Phi) is 5.44. The average Bonchev–Trinajstić information content (AvgIpc) is 2.33. The average molecular weight is 253 g/mol. The molecule has 1 rings (SSSR count). The van der Waals surface area contributed by atoms with Crippen LogP contribution >= 0.6 is 0 Å². The highest BCUT2D eigenvalue weighted by molar-refractivity contribution is 5.56. The fourth-order valence-corrected chi connectivity index (χ4v) is 1.42. The second kappa shape index (κ2) is 6.61. The number of aliphatic hydroxyl groups excluding tert-OH is 1. The molecule has 1 atom stereocenters. The number of para-hydroxylation sites is 2. The molecule has 0 aliphatic heterocycles. The van der Waals surface area contributed by atoms with Gasteiger partial charge in [-0.15, -0.1) is 0 Å². The Morgan fingerprint density at radius 3 is 2.56 bits per heavy atom. The zero-order valence-electron chi connectivity index (χ0n) is 11.6. The van der Waals surface area contributed by atoms with Crippen LogP contribution in [0.15, 0.2) is 24.3 Å². The van der Waals surface area contributed by atoms with Gasteiger partial charge in [0.25, 0.3) is 0 Å². The molecule has 0 heterocycles. The predicted octanol–water partition coefficient (Wildman–Crippen LogP) is 2.28. The molecular formula is C14H23NO3. The van der Waals surface area contributed by atoms with E-state index in [0.29, 0.717) is 13.2 Å². The Hall–Kier alpha value is -1.26. The second-order valence-corrected chi connectivity index (χ2v) is 5.16. The molecule has 0 saturated heterocycles. The van der Waals surface area contributed by atoms with Crippen LogP contribution in [0.2, 0.25) is 0 Å². The first-order valence-electron chi connectivity index (χ1n) is 6.11. The van der Waals surface area contributed by atoms with Crippen molar-refractivity contribution >= 4 is 5.69 Å². The first-order chi connectivity index (χ1) is 8.42. The van der Waals surface area contributed by atoms with Gasteiger partial charge >= 0.3 is 0 Å². The molecule has 0 aliphatic rings. The van der Waals surface area contributed by atoms with Crippen LogP contribution < -0.4 is 10.1 Å². The van der Waals surface area contributed by atoms with Gasteiger partial charge in [-0.05, 0) is 32.9 Å². The zero-order chi connectivity index (χ0) is 13.6. The van der Waals surface area contributed by atoms with E-state index in [-0.39, 0.29) is 5.60 Å². The summed E-state index contributed by atoms with van der Waals surface area (Å²) in [4.78, 5) is 0. The first kappa shape index (κ1) is 14.8. The Morgan fingerprint density at radius 2 is 1.94 bits per heavy atom. The van der Waals surface area contributed by atoms with Crippen LogP contribution in [0.5, 0.6) is 5.75 Å². The van der Waals surface area contributed by atoms with Crippen molar-refractivity contribution in [1.82, 2.24) is 0 Å². The van der Waals surface area contributed by atoms with Crippen molar-refractivity contribution in [2.24, 2.45) is 0 Å². The van der Waals surface area contributed by atoms with Gasteiger partial charge in [0, 0.05) is 6.54 Å². The third-order valence-electron chi connectivity index (χ3n) is 2.34. The van der Waals surface area contributed by atoms with Gasteiger partial charge in [0.1, 0.15) is 5.75 Å². The number of anilines is 1. The summed E-state index contributed by atoms with van der Waals surface area (Å²) in [5.41, 5.74) is 0.639. The lowest BCUT2D eigenvalue weighted by molar-refractivity contribution is -0.0449. The summed E-state index contributed by atoms with van der Waals surface area (Å²) in [5.74, 6) is 0.765. The van der Waals surface area contributed by atoms with Gasteiger partial charge in [0.15, 0.2) is 0 Å². The van der Waals surface area contributed by atoms with E-state index in [1.165, 1.54) is 0 Å². The molecule has 0 aliphatic carbocycles. The van der Waals surface area contributed by atoms with Crippen molar-refractivity contribution in [2.75, 3.05) is 25.6 Å². The van der Waals surface area contributed by atoms with Crippen molar-refractivity contribution in [3.8, 4) is 5.75 Å². The highest BCUT2D eigenvalue weighted by Gasteiger charge is 2.13. The molecule has 2 N–H and O–H groups in total. The lowest BCUT2D eigenvalue weighted by atomic mass is 10.2. The minimum atomic E-state index is -0.547. The van der Waals surface area contributed by atoms with Crippen LogP contribution in [0.4, 0.5) is 5.69 Å². The number of hydrogen-bond acceptors (Lipinski definition) is 4. The predicted molar refractivity (Wildman–Crippen MR) is 73.2 cm³/mol. The molecule has 0 bridgehead atoms. The minimum absolute atomic E-state index is 0.231. The Bertz CT molecular complexity index is 360. The number of aliphatic hydroxyl groups is 1. The topological polar surface area (TPSA) is 50.7 Å². The van der Waals surface area contributed by atoms with Crippen molar-refractivity contribution in [3.63, 3.8) is 0 Å². The van der Waals surface area contributed by atoms with Crippen molar-refractivity contribution in [3.05, 3.63) is 24.3 Å². The second-order valence-electron chi connectivity index (χ2n) is 5.16. The van der Waals surface area contributed by atoms with Gasteiger partial charge in [0.2, 0.25) is 0 Å². The number of benzene rings is 1. The molecule has 0 saturated carbocycles. The van der Waals surface area contributed by atoms with Crippen LogP contribution in [-0.4, -0.2) is 37.1 Å². The van der Waals surface area contributed by atoms with Crippen LogP contribution in [0.25, 0.3) is 0 Å². The highest BCUT2D eigenvalue weighted by Crippen LogP contribution is 2.22. The molecule has 0 radical (unpaired) electrons. The van der Waals surface area contributed by atoms with Gasteiger partial charge < -0.3 is 19.9 Å². The fourth-order valence-electron chi connectivity index (χ4n) is 1.42. The minimum Gasteiger partial charge on any atom is -0.495 e. The van der Waals surface area contributed by atoms with Gasteiger partial charge in [-0.25, -0.2) is 0 Å². The summed E-state index contributed by atoms with van der Waals surface area (Å²) in [6.07, 6.45) is -0.547. The molecule has 18 heavy (non-hydrogen) atoms. The quantitative estimate of drug-likeness (QED) is 0.816. The van der Waals surface area contributed by atoms with Gasteiger partial charge in [-0.3, -0.25) is 0 Å². The maximum atomic E-state index is 9.81. The summed E-state index contributed by atoms with van der Waals surface area (Å²) in [5, 5.41) is 13.0. The summed E-state index contributed by atoms with van der Waals surface area (Å²) in [7, 11) is 1.62. The van der Waals surface area contributed by atoms with E-state index < -0.39 is 6.10 Å². The monoisotopic (exact) mass is 253 g/mol. The van der Waals surface area contributed by atoms with E-state index in [9.17, 15) is 5.11 Å². The first-order valence-corrected chi connectivity index (χ1v) is 6.11. The SMILES string of the molecule is COc1ccccc1NCC(O)COC(C)(C)C. The Labute approximate surface area is 109 Å². The van der Waals surface area contributed by atoms with E-state index in [4.69, 9.17) is 9.47 Å². The number of rotatable bonds is 6. The van der Waals surface area contributed by atoms with Crippen molar-refractivity contribution in [1.29, 1.82) is 0 Å². The van der Waals surface area contributed by atoms with Crippen LogP contribution in [0.3, 0.4) is 0 Å². The van der Waals surface area contributed by atoms with Gasteiger partial charge in [0.05, 0.1) is 31.1 Å². The Balaban J connectivity index is 2.40.